The van der Waals surface area contributed by atoms with Gasteiger partial charge in [-0.3, -0.25) is 0 Å². The average molecular weight is 255 g/mol. The smallest absolute Gasteiger partial charge is 0.133 e. The highest BCUT2D eigenvalue weighted by atomic mass is 35.5. The van der Waals surface area contributed by atoms with E-state index >= 15 is 0 Å². The number of alkyl halides is 1. The van der Waals surface area contributed by atoms with Crippen molar-refractivity contribution in [2.45, 2.75) is 38.4 Å². The molecule has 1 unspecified atom stereocenters. The normalized spacial score (nSPS) is 23.8. The van der Waals surface area contributed by atoms with Crippen LogP contribution in [0, 0.1) is 0 Å². The van der Waals surface area contributed by atoms with Gasteiger partial charge in [-0.25, -0.2) is 4.98 Å². The minimum atomic E-state index is -0.140. The second-order valence-electron chi connectivity index (χ2n) is 5.19. The Labute approximate surface area is 108 Å². The van der Waals surface area contributed by atoms with E-state index in [0.29, 0.717) is 5.88 Å². The SMILES string of the molecule is CC1CN(c2ncccc2CCl)CC(C)(C)O1. The van der Waals surface area contributed by atoms with Gasteiger partial charge in [-0.2, -0.15) is 0 Å². The van der Waals surface area contributed by atoms with E-state index in [1.165, 1.54) is 0 Å². The van der Waals surface area contributed by atoms with Gasteiger partial charge in [-0.1, -0.05) is 6.07 Å². The quantitative estimate of drug-likeness (QED) is 0.759. The molecule has 0 spiro atoms. The van der Waals surface area contributed by atoms with Gasteiger partial charge >= 0.3 is 0 Å². The Bertz CT molecular complexity index is 395. The number of morpholine rings is 1. The van der Waals surface area contributed by atoms with E-state index in [1.54, 1.807) is 0 Å². The molecular weight excluding hydrogens is 236 g/mol. The number of nitrogens with zero attached hydrogens (tertiary/aromatic N) is 2. The fraction of sp³-hybridized carbons (Fsp3) is 0.615. The molecular formula is C13H19ClN2O. The highest BCUT2D eigenvalue weighted by molar-refractivity contribution is 6.17. The van der Waals surface area contributed by atoms with E-state index in [1.807, 2.05) is 18.3 Å². The first kappa shape index (κ1) is 12.7. The average Bonchev–Trinajstić information content (AvgIpc) is 2.26. The summed E-state index contributed by atoms with van der Waals surface area (Å²) >= 11 is 5.96. The van der Waals surface area contributed by atoms with Crippen molar-refractivity contribution < 1.29 is 4.74 Å². The highest BCUT2D eigenvalue weighted by Crippen LogP contribution is 2.27. The number of aromatic nitrogens is 1. The van der Waals surface area contributed by atoms with Crippen molar-refractivity contribution in [3.05, 3.63) is 23.9 Å². The molecule has 0 radical (unpaired) electrons. The molecule has 3 nitrogen and oxygen atoms in total. The zero-order valence-corrected chi connectivity index (χ0v) is 11.4. The third kappa shape index (κ3) is 2.90. The summed E-state index contributed by atoms with van der Waals surface area (Å²) in [6.07, 6.45) is 2.03. The van der Waals surface area contributed by atoms with Crippen LogP contribution in [0.4, 0.5) is 5.82 Å². The van der Waals surface area contributed by atoms with E-state index in [-0.39, 0.29) is 11.7 Å². The van der Waals surface area contributed by atoms with Crippen molar-refractivity contribution in [1.82, 2.24) is 4.98 Å². The number of anilines is 1. The fourth-order valence-electron chi connectivity index (χ4n) is 2.43. The van der Waals surface area contributed by atoms with Gasteiger partial charge in [0.1, 0.15) is 5.82 Å². The molecule has 4 heteroatoms. The maximum absolute atomic E-state index is 5.96. The molecule has 0 amide bonds. The van der Waals surface area contributed by atoms with Crippen LogP contribution < -0.4 is 4.90 Å². The molecule has 2 heterocycles. The summed E-state index contributed by atoms with van der Waals surface area (Å²) in [4.78, 5) is 6.73. The first-order valence-electron chi connectivity index (χ1n) is 5.94. The predicted molar refractivity (Wildman–Crippen MR) is 70.6 cm³/mol. The first-order chi connectivity index (χ1) is 8.02. The summed E-state index contributed by atoms with van der Waals surface area (Å²) in [5, 5.41) is 0. The second-order valence-corrected chi connectivity index (χ2v) is 5.46. The van der Waals surface area contributed by atoms with Crippen LogP contribution in [0.3, 0.4) is 0 Å². The van der Waals surface area contributed by atoms with Crippen LogP contribution >= 0.6 is 11.6 Å². The molecule has 0 N–H and O–H groups in total. The van der Waals surface area contributed by atoms with Crippen LogP contribution in [0.25, 0.3) is 0 Å². The summed E-state index contributed by atoms with van der Waals surface area (Å²) in [7, 11) is 0. The molecule has 0 bridgehead atoms. The van der Waals surface area contributed by atoms with Crippen molar-refractivity contribution in [2.75, 3.05) is 18.0 Å². The number of pyridine rings is 1. The lowest BCUT2D eigenvalue weighted by Gasteiger charge is -2.42. The van der Waals surface area contributed by atoms with Crippen molar-refractivity contribution in [1.29, 1.82) is 0 Å². The molecule has 1 saturated heterocycles. The van der Waals surface area contributed by atoms with Crippen LogP contribution in [-0.4, -0.2) is 29.8 Å². The van der Waals surface area contributed by atoms with Crippen LogP contribution in [0.1, 0.15) is 26.3 Å². The lowest BCUT2D eigenvalue weighted by Crippen LogP contribution is -2.52. The van der Waals surface area contributed by atoms with E-state index in [9.17, 15) is 0 Å². The summed E-state index contributed by atoms with van der Waals surface area (Å²) in [6.45, 7) is 8.03. The van der Waals surface area contributed by atoms with Crippen LogP contribution in [-0.2, 0) is 10.6 Å². The topological polar surface area (TPSA) is 25.4 Å². The summed E-state index contributed by atoms with van der Waals surface area (Å²) in [5.74, 6) is 1.49. The third-order valence-electron chi connectivity index (χ3n) is 2.88. The number of hydrogen-bond acceptors (Lipinski definition) is 3. The van der Waals surface area contributed by atoms with Gasteiger partial charge < -0.3 is 9.64 Å². The first-order valence-corrected chi connectivity index (χ1v) is 6.48. The molecule has 0 aliphatic carbocycles. The Morgan fingerprint density at radius 3 is 3.00 bits per heavy atom. The van der Waals surface area contributed by atoms with Gasteiger partial charge in [0.15, 0.2) is 0 Å². The third-order valence-corrected chi connectivity index (χ3v) is 3.17. The number of ether oxygens (including phenoxy) is 1. The minimum Gasteiger partial charge on any atom is -0.369 e. The van der Waals surface area contributed by atoms with Gasteiger partial charge in [0.2, 0.25) is 0 Å². The Morgan fingerprint density at radius 2 is 2.35 bits per heavy atom. The largest absolute Gasteiger partial charge is 0.369 e. The molecule has 1 atom stereocenters. The molecule has 94 valence electrons. The Kier molecular flexibility index (Phi) is 3.59. The van der Waals surface area contributed by atoms with Gasteiger partial charge in [0, 0.05) is 24.8 Å². The summed E-state index contributed by atoms with van der Waals surface area (Å²) in [5.41, 5.74) is 0.942. The predicted octanol–water partition coefficient (Wildman–Crippen LogP) is 2.82. The maximum Gasteiger partial charge on any atom is 0.133 e. The molecule has 0 saturated carbocycles. The van der Waals surface area contributed by atoms with Crippen molar-refractivity contribution in [3.8, 4) is 0 Å². The van der Waals surface area contributed by atoms with E-state index < -0.39 is 0 Å². The number of rotatable bonds is 2. The molecule has 1 fully saturated rings. The number of halogens is 1. The minimum absolute atomic E-state index is 0.140. The molecule has 1 aromatic rings. The van der Waals surface area contributed by atoms with Crippen LogP contribution in [0.2, 0.25) is 0 Å². The Balaban J connectivity index is 2.27. The number of hydrogen-bond donors (Lipinski definition) is 0. The molecule has 1 aliphatic rings. The van der Waals surface area contributed by atoms with E-state index in [4.69, 9.17) is 16.3 Å². The second kappa shape index (κ2) is 4.83. The molecule has 2 rings (SSSR count). The highest BCUT2D eigenvalue weighted by Gasteiger charge is 2.32. The van der Waals surface area contributed by atoms with Gasteiger partial charge in [0.25, 0.3) is 0 Å². The molecule has 0 aromatic carbocycles. The van der Waals surface area contributed by atoms with Gasteiger partial charge in [-0.15, -0.1) is 11.6 Å². The Morgan fingerprint density at radius 1 is 1.59 bits per heavy atom. The fourth-order valence-corrected chi connectivity index (χ4v) is 2.64. The molecule has 1 aliphatic heterocycles. The maximum atomic E-state index is 5.96. The van der Waals surface area contributed by atoms with Crippen molar-refractivity contribution >= 4 is 17.4 Å². The molecule has 17 heavy (non-hydrogen) atoms. The van der Waals surface area contributed by atoms with E-state index in [2.05, 4.69) is 30.7 Å². The summed E-state index contributed by atoms with van der Waals surface area (Å²) in [6, 6.07) is 3.96. The lowest BCUT2D eigenvalue weighted by molar-refractivity contribution is -0.0752. The van der Waals surface area contributed by atoms with Crippen LogP contribution in [0.15, 0.2) is 18.3 Å². The van der Waals surface area contributed by atoms with Gasteiger partial charge in [-0.05, 0) is 26.8 Å². The van der Waals surface area contributed by atoms with Crippen LogP contribution in [0.5, 0.6) is 0 Å². The summed E-state index contributed by atoms with van der Waals surface area (Å²) < 4.78 is 5.90. The lowest BCUT2D eigenvalue weighted by atomic mass is 10.1. The van der Waals surface area contributed by atoms with E-state index in [0.717, 1.165) is 24.5 Å². The zero-order valence-electron chi connectivity index (χ0n) is 10.6. The van der Waals surface area contributed by atoms with Crippen molar-refractivity contribution in [2.24, 2.45) is 0 Å². The van der Waals surface area contributed by atoms with Crippen molar-refractivity contribution in [3.63, 3.8) is 0 Å². The van der Waals surface area contributed by atoms with Gasteiger partial charge in [0.05, 0.1) is 17.6 Å². The molecule has 1 aromatic heterocycles. The standard InChI is InChI=1S/C13H19ClN2O/c1-10-8-16(9-13(2,3)17-10)12-11(7-14)5-4-6-15-12/h4-6,10H,7-9H2,1-3H3. The Hall–Kier alpha value is -0.800. The monoisotopic (exact) mass is 254 g/mol. The zero-order chi connectivity index (χ0) is 12.5.